The molecule has 0 aliphatic rings. The number of carbonyl (C=O) groups is 1. The Labute approximate surface area is 120 Å². The summed E-state index contributed by atoms with van der Waals surface area (Å²) >= 11 is 0. The lowest BCUT2D eigenvalue weighted by Gasteiger charge is -2.22. The van der Waals surface area contributed by atoms with Crippen LogP contribution in [0.4, 0.5) is 10.5 Å². The molecule has 0 fully saturated rings. The van der Waals surface area contributed by atoms with Gasteiger partial charge in [0.05, 0.1) is 13.2 Å². The van der Waals surface area contributed by atoms with Crippen LogP contribution in [0.3, 0.4) is 0 Å². The highest BCUT2D eigenvalue weighted by Gasteiger charge is 2.13. The first kappa shape index (κ1) is 16.5. The van der Waals surface area contributed by atoms with Crippen LogP contribution in [0.1, 0.15) is 18.1 Å². The number of ether oxygens (including phenoxy) is 1. The minimum Gasteiger partial charge on any atom is -0.395 e. The number of amides is 2. The van der Waals surface area contributed by atoms with Gasteiger partial charge in [-0.25, -0.2) is 4.79 Å². The third-order valence-corrected chi connectivity index (χ3v) is 3.20. The first-order chi connectivity index (χ1) is 9.62. The van der Waals surface area contributed by atoms with E-state index in [0.717, 1.165) is 12.1 Å². The van der Waals surface area contributed by atoms with E-state index in [2.05, 4.69) is 19.2 Å². The molecule has 0 aromatic heterocycles. The molecule has 5 heteroatoms. The molecule has 0 saturated carbocycles. The van der Waals surface area contributed by atoms with Gasteiger partial charge >= 0.3 is 6.03 Å². The zero-order valence-corrected chi connectivity index (χ0v) is 12.5. The molecule has 0 heterocycles. The van der Waals surface area contributed by atoms with Crippen molar-refractivity contribution in [2.45, 2.75) is 20.3 Å². The second kappa shape index (κ2) is 8.55. The Balaban J connectivity index is 2.71. The summed E-state index contributed by atoms with van der Waals surface area (Å²) in [4.78, 5) is 13.7. The van der Waals surface area contributed by atoms with Crippen LogP contribution in [0.2, 0.25) is 0 Å². The van der Waals surface area contributed by atoms with Gasteiger partial charge in [-0.3, -0.25) is 0 Å². The van der Waals surface area contributed by atoms with E-state index >= 15 is 0 Å². The monoisotopic (exact) mass is 280 g/mol. The first-order valence-electron chi connectivity index (χ1n) is 6.87. The van der Waals surface area contributed by atoms with Gasteiger partial charge in [-0.2, -0.15) is 0 Å². The van der Waals surface area contributed by atoms with Gasteiger partial charge in [0.15, 0.2) is 0 Å². The van der Waals surface area contributed by atoms with Gasteiger partial charge in [0.25, 0.3) is 0 Å². The number of hydrogen-bond acceptors (Lipinski definition) is 3. The molecule has 20 heavy (non-hydrogen) atoms. The number of anilines is 1. The van der Waals surface area contributed by atoms with Crippen LogP contribution in [0, 0.1) is 6.92 Å². The third kappa shape index (κ3) is 4.83. The van der Waals surface area contributed by atoms with Crippen molar-refractivity contribution >= 4 is 11.7 Å². The molecular weight excluding hydrogens is 256 g/mol. The van der Waals surface area contributed by atoms with Crippen molar-refractivity contribution in [2.24, 2.45) is 0 Å². The van der Waals surface area contributed by atoms with Crippen molar-refractivity contribution in [2.75, 3.05) is 38.7 Å². The maximum atomic E-state index is 12.1. The Morgan fingerprint density at radius 2 is 2.15 bits per heavy atom. The Hall–Kier alpha value is -1.59. The SMILES string of the molecule is CCc1cc(NC(=O)N(CCO)CCOC)ccc1C. The number of nitrogens with zero attached hydrogens (tertiary/aromatic N) is 1. The molecule has 2 amide bonds. The zero-order valence-electron chi connectivity index (χ0n) is 12.5. The molecule has 1 rings (SSSR count). The van der Waals surface area contributed by atoms with Gasteiger partial charge in [-0.05, 0) is 36.6 Å². The number of nitrogens with one attached hydrogen (secondary N) is 1. The van der Waals surface area contributed by atoms with Crippen molar-refractivity contribution in [3.05, 3.63) is 29.3 Å². The van der Waals surface area contributed by atoms with E-state index in [1.54, 1.807) is 7.11 Å². The molecule has 1 aromatic rings. The molecule has 0 aliphatic heterocycles. The number of carbonyl (C=O) groups excluding carboxylic acids is 1. The van der Waals surface area contributed by atoms with Crippen LogP contribution in [0.25, 0.3) is 0 Å². The van der Waals surface area contributed by atoms with E-state index in [9.17, 15) is 4.79 Å². The maximum Gasteiger partial charge on any atom is 0.321 e. The summed E-state index contributed by atoms with van der Waals surface area (Å²) < 4.78 is 4.97. The average molecular weight is 280 g/mol. The number of rotatable bonds is 7. The molecule has 0 saturated heterocycles. The summed E-state index contributed by atoms with van der Waals surface area (Å²) in [6, 6.07) is 5.66. The van der Waals surface area contributed by atoms with Crippen LogP contribution in [-0.4, -0.2) is 49.5 Å². The fourth-order valence-electron chi connectivity index (χ4n) is 1.97. The molecule has 0 unspecified atom stereocenters. The van der Waals surface area contributed by atoms with E-state index in [-0.39, 0.29) is 12.6 Å². The van der Waals surface area contributed by atoms with Crippen LogP contribution in [0.5, 0.6) is 0 Å². The van der Waals surface area contributed by atoms with E-state index in [1.165, 1.54) is 16.0 Å². The first-order valence-corrected chi connectivity index (χ1v) is 6.87. The lowest BCUT2D eigenvalue weighted by molar-refractivity contribution is 0.142. The van der Waals surface area contributed by atoms with Crippen LogP contribution < -0.4 is 5.32 Å². The summed E-state index contributed by atoms with van der Waals surface area (Å²) in [5.74, 6) is 0. The number of aliphatic hydroxyl groups is 1. The topological polar surface area (TPSA) is 61.8 Å². The number of urea groups is 1. The number of methoxy groups -OCH3 is 1. The second-order valence-corrected chi connectivity index (χ2v) is 4.63. The largest absolute Gasteiger partial charge is 0.395 e. The van der Waals surface area contributed by atoms with Gasteiger partial charge in [-0.1, -0.05) is 13.0 Å². The zero-order chi connectivity index (χ0) is 15.0. The van der Waals surface area contributed by atoms with Gasteiger partial charge in [0.2, 0.25) is 0 Å². The fraction of sp³-hybridized carbons (Fsp3) is 0.533. The Morgan fingerprint density at radius 1 is 1.40 bits per heavy atom. The van der Waals surface area contributed by atoms with Crippen molar-refractivity contribution in [3.8, 4) is 0 Å². The lowest BCUT2D eigenvalue weighted by atomic mass is 10.1. The predicted octanol–water partition coefficient (Wildman–Crippen LogP) is 2.03. The maximum absolute atomic E-state index is 12.1. The number of aliphatic hydroxyl groups excluding tert-OH is 1. The predicted molar refractivity (Wildman–Crippen MR) is 80.1 cm³/mol. The minimum absolute atomic E-state index is 0.0642. The molecule has 5 nitrogen and oxygen atoms in total. The fourth-order valence-corrected chi connectivity index (χ4v) is 1.97. The summed E-state index contributed by atoms with van der Waals surface area (Å²) in [6.07, 6.45) is 0.930. The van der Waals surface area contributed by atoms with Crippen molar-refractivity contribution in [1.82, 2.24) is 4.90 Å². The molecule has 112 valence electrons. The molecular formula is C15H24N2O3. The molecule has 0 radical (unpaired) electrons. The Bertz CT molecular complexity index is 435. The molecule has 2 N–H and O–H groups in total. The summed E-state index contributed by atoms with van der Waals surface area (Å²) in [5, 5.41) is 11.9. The van der Waals surface area contributed by atoms with Crippen molar-refractivity contribution in [1.29, 1.82) is 0 Å². The lowest BCUT2D eigenvalue weighted by Crippen LogP contribution is -2.39. The summed E-state index contributed by atoms with van der Waals surface area (Å²) in [7, 11) is 1.59. The summed E-state index contributed by atoms with van der Waals surface area (Å²) in [6.45, 7) is 5.27. The van der Waals surface area contributed by atoms with E-state index in [0.29, 0.717) is 19.7 Å². The van der Waals surface area contributed by atoms with Crippen LogP contribution >= 0.6 is 0 Å². The highest BCUT2D eigenvalue weighted by molar-refractivity contribution is 5.89. The number of hydrogen-bond donors (Lipinski definition) is 2. The smallest absolute Gasteiger partial charge is 0.321 e. The van der Waals surface area contributed by atoms with Crippen molar-refractivity contribution in [3.63, 3.8) is 0 Å². The van der Waals surface area contributed by atoms with Crippen LogP contribution in [0.15, 0.2) is 18.2 Å². The molecule has 0 aliphatic carbocycles. The Kier molecular flexibility index (Phi) is 7.04. The molecule has 0 spiro atoms. The molecule has 0 bridgehead atoms. The number of benzene rings is 1. The third-order valence-electron chi connectivity index (χ3n) is 3.20. The normalized spacial score (nSPS) is 10.4. The van der Waals surface area contributed by atoms with Gasteiger partial charge in [0.1, 0.15) is 0 Å². The quantitative estimate of drug-likeness (QED) is 0.803. The minimum atomic E-state index is -0.220. The molecule has 0 atom stereocenters. The van der Waals surface area contributed by atoms with Crippen molar-refractivity contribution < 1.29 is 14.6 Å². The van der Waals surface area contributed by atoms with E-state index in [4.69, 9.17) is 9.84 Å². The van der Waals surface area contributed by atoms with Crippen LogP contribution in [-0.2, 0) is 11.2 Å². The van der Waals surface area contributed by atoms with Gasteiger partial charge in [0, 0.05) is 25.9 Å². The highest BCUT2D eigenvalue weighted by atomic mass is 16.5. The highest BCUT2D eigenvalue weighted by Crippen LogP contribution is 2.16. The van der Waals surface area contributed by atoms with E-state index in [1.807, 2.05) is 18.2 Å². The second-order valence-electron chi connectivity index (χ2n) is 4.63. The summed E-state index contributed by atoms with van der Waals surface area (Å²) in [5.41, 5.74) is 3.21. The standard InChI is InChI=1S/C15H24N2O3/c1-4-13-11-14(6-5-12(13)2)16-15(19)17(7-9-18)8-10-20-3/h5-6,11,18H,4,7-10H2,1-3H3,(H,16,19). The molecule has 1 aromatic carbocycles. The number of aryl methyl sites for hydroxylation is 2. The van der Waals surface area contributed by atoms with Gasteiger partial charge < -0.3 is 20.1 Å². The van der Waals surface area contributed by atoms with Gasteiger partial charge in [-0.15, -0.1) is 0 Å². The van der Waals surface area contributed by atoms with E-state index < -0.39 is 0 Å². The Morgan fingerprint density at radius 3 is 2.75 bits per heavy atom. The average Bonchev–Trinajstić information content (AvgIpc) is 2.45.